The van der Waals surface area contributed by atoms with Crippen LogP contribution < -0.4 is 0 Å². The molecule has 0 radical (unpaired) electrons. The number of rotatable bonds is 2. The number of hydrogen-bond donors (Lipinski definition) is 2. The predicted octanol–water partition coefficient (Wildman–Crippen LogP) is 5.05. The number of aromatic amines is 1. The molecule has 2 N–H and O–H groups in total. The van der Waals surface area contributed by atoms with Crippen LogP contribution >= 0.6 is 16.1 Å². The SMILES string of the molecule is O=Nc1c(-c2c(O)[nH]c3ccccc23)n(Br)c2ccccc12. The zero-order valence-electron chi connectivity index (χ0n) is 11.2. The molecule has 4 aromatic rings. The van der Waals surface area contributed by atoms with Crippen molar-refractivity contribution in [2.24, 2.45) is 5.18 Å². The molecule has 0 aliphatic carbocycles. The molecule has 0 bridgehead atoms. The minimum Gasteiger partial charge on any atom is -0.494 e. The summed E-state index contributed by atoms with van der Waals surface area (Å²) in [6.07, 6.45) is 0. The van der Waals surface area contributed by atoms with Crippen molar-refractivity contribution in [2.45, 2.75) is 0 Å². The summed E-state index contributed by atoms with van der Waals surface area (Å²) in [4.78, 5) is 14.3. The normalized spacial score (nSPS) is 11.3. The van der Waals surface area contributed by atoms with Gasteiger partial charge < -0.3 is 10.1 Å². The van der Waals surface area contributed by atoms with Gasteiger partial charge in [-0.1, -0.05) is 36.4 Å². The largest absolute Gasteiger partial charge is 0.494 e. The minimum atomic E-state index is 0.00889. The number of halogens is 1. The topological polar surface area (TPSA) is 70.4 Å². The summed E-state index contributed by atoms with van der Waals surface area (Å²) in [5.74, 6) is 0.00889. The Labute approximate surface area is 133 Å². The lowest BCUT2D eigenvalue weighted by Crippen LogP contribution is -1.84. The van der Waals surface area contributed by atoms with Crippen LogP contribution in [0, 0.1) is 4.91 Å². The minimum absolute atomic E-state index is 0.00889. The summed E-state index contributed by atoms with van der Waals surface area (Å²) in [7, 11) is 0. The van der Waals surface area contributed by atoms with Crippen LogP contribution in [0.5, 0.6) is 5.88 Å². The molecule has 5 nitrogen and oxygen atoms in total. The van der Waals surface area contributed by atoms with Gasteiger partial charge in [0.2, 0.25) is 0 Å². The Balaban J connectivity index is 2.19. The number of nitroso groups, excluding NO2 is 1. The van der Waals surface area contributed by atoms with E-state index in [2.05, 4.69) is 26.3 Å². The highest BCUT2D eigenvalue weighted by Crippen LogP contribution is 2.46. The molecule has 0 aliphatic heterocycles. The van der Waals surface area contributed by atoms with E-state index < -0.39 is 0 Å². The Hall–Kier alpha value is -2.60. The number of nitrogens with one attached hydrogen (secondary N) is 1. The fourth-order valence-electron chi connectivity index (χ4n) is 2.86. The molecule has 4 rings (SSSR count). The van der Waals surface area contributed by atoms with Gasteiger partial charge in [-0.2, -0.15) is 0 Å². The predicted molar refractivity (Wildman–Crippen MR) is 90.7 cm³/mol. The number of H-pyrrole nitrogens is 1. The average molecular weight is 356 g/mol. The van der Waals surface area contributed by atoms with Gasteiger partial charge in [0.1, 0.15) is 5.69 Å². The fourth-order valence-corrected chi connectivity index (χ4v) is 3.52. The van der Waals surface area contributed by atoms with Gasteiger partial charge >= 0.3 is 0 Å². The van der Waals surface area contributed by atoms with Crippen molar-refractivity contribution in [2.75, 3.05) is 0 Å². The maximum atomic E-state index is 11.4. The Kier molecular flexibility index (Phi) is 2.80. The van der Waals surface area contributed by atoms with Gasteiger partial charge in [0.15, 0.2) is 5.88 Å². The molecule has 108 valence electrons. The van der Waals surface area contributed by atoms with Crippen LogP contribution in [-0.4, -0.2) is 13.7 Å². The van der Waals surface area contributed by atoms with Gasteiger partial charge in [-0.25, -0.2) is 0 Å². The van der Waals surface area contributed by atoms with Crippen molar-refractivity contribution in [1.29, 1.82) is 0 Å². The second kappa shape index (κ2) is 4.71. The van der Waals surface area contributed by atoms with Crippen LogP contribution in [0.15, 0.2) is 53.7 Å². The standard InChI is InChI=1S/C16H10BrN3O2/c17-20-12-8-4-2-6-10(12)14(19-22)15(20)13-9-5-1-3-7-11(9)18-16(13)21/h1-8,18,21H. The van der Waals surface area contributed by atoms with Crippen molar-refractivity contribution in [3.05, 3.63) is 53.4 Å². The second-order valence-corrected chi connectivity index (χ2v) is 5.69. The van der Waals surface area contributed by atoms with Gasteiger partial charge in [-0.05, 0) is 17.3 Å². The maximum absolute atomic E-state index is 11.4. The van der Waals surface area contributed by atoms with Crippen LogP contribution in [0.2, 0.25) is 0 Å². The number of para-hydroxylation sites is 2. The Morgan fingerprint density at radius 3 is 2.50 bits per heavy atom. The van der Waals surface area contributed by atoms with Gasteiger partial charge in [-0.3, -0.25) is 3.59 Å². The summed E-state index contributed by atoms with van der Waals surface area (Å²) in [5, 5.41) is 15.1. The van der Waals surface area contributed by atoms with Crippen LogP contribution in [0.3, 0.4) is 0 Å². The number of aromatic hydroxyl groups is 1. The van der Waals surface area contributed by atoms with Crippen molar-refractivity contribution < 1.29 is 5.11 Å². The molecule has 6 heteroatoms. The molecule has 0 fully saturated rings. The van der Waals surface area contributed by atoms with Gasteiger partial charge in [-0.15, -0.1) is 4.91 Å². The molecule has 22 heavy (non-hydrogen) atoms. The molecule has 0 atom stereocenters. The second-order valence-electron chi connectivity index (χ2n) is 4.98. The lowest BCUT2D eigenvalue weighted by molar-refractivity contribution is 0.460. The molecule has 0 unspecified atom stereocenters. The first-order valence-electron chi connectivity index (χ1n) is 6.65. The molecule has 2 aromatic heterocycles. The molecule has 0 spiro atoms. The Bertz CT molecular complexity index is 1030. The van der Waals surface area contributed by atoms with Crippen LogP contribution in [0.4, 0.5) is 5.69 Å². The highest BCUT2D eigenvalue weighted by molar-refractivity contribution is 9.08. The van der Waals surface area contributed by atoms with Crippen molar-refractivity contribution in [1.82, 2.24) is 8.58 Å². The number of fused-ring (bicyclic) bond motifs is 2. The van der Waals surface area contributed by atoms with E-state index in [-0.39, 0.29) is 5.88 Å². The summed E-state index contributed by atoms with van der Waals surface area (Å²) in [6, 6.07) is 15.0. The van der Waals surface area contributed by atoms with E-state index in [1.54, 1.807) is 3.59 Å². The molecule has 0 aliphatic rings. The van der Waals surface area contributed by atoms with E-state index in [4.69, 9.17) is 0 Å². The maximum Gasteiger partial charge on any atom is 0.199 e. The quantitative estimate of drug-likeness (QED) is 0.494. The van der Waals surface area contributed by atoms with E-state index in [1.165, 1.54) is 0 Å². The number of aromatic nitrogens is 2. The molecule has 0 saturated carbocycles. The number of benzene rings is 2. The monoisotopic (exact) mass is 355 g/mol. The molecule has 0 amide bonds. The lowest BCUT2D eigenvalue weighted by Gasteiger charge is -2.02. The molecular formula is C16H10BrN3O2. The third-order valence-electron chi connectivity index (χ3n) is 3.81. The van der Waals surface area contributed by atoms with Crippen molar-refractivity contribution >= 4 is 43.6 Å². The van der Waals surface area contributed by atoms with E-state index in [0.29, 0.717) is 16.9 Å². The lowest BCUT2D eigenvalue weighted by atomic mass is 10.1. The van der Waals surface area contributed by atoms with Crippen molar-refractivity contribution in [3.63, 3.8) is 0 Å². The van der Waals surface area contributed by atoms with Gasteiger partial charge in [0.05, 0.1) is 32.9 Å². The first-order chi connectivity index (χ1) is 10.7. The third kappa shape index (κ3) is 1.64. The van der Waals surface area contributed by atoms with E-state index in [1.807, 2.05) is 48.5 Å². The van der Waals surface area contributed by atoms with E-state index in [9.17, 15) is 10.0 Å². The van der Waals surface area contributed by atoms with Gasteiger partial charge in [0.25, 0.3) is 0 Å². The Morgan fingerprint density at radius 2 is 1.73 bits per heavy atom. The smallest absolute Gasteiger partial charge is 0.199 e. The highest BCUT2D eigenvalue weighted by atomic mass is 79.9. The van der Waals surface area contributed by atoms with E-state index in [0.717, 1.165) is 21.8 Å². The number of hydrogen-bond acceptors (Lipinski definition) is 3. The van der Waals surface area contributed by atoms with E-state index >= 15 is 0 Å². The fraction of sp³-hybridized carbons (Fsp3) is 0. The summed E-state index contributed by atoms with van der Waals surface area (Å²) < 4.78 is 1.70. The molecular weight excluding hydrogens is 346 g/mol. The molecule has 0 saturated heterocycles. The number of nitrogens with zero attached hydrogens (tertiary/aromatic N) is 2. The van der Waals surface area contributed by atoms with Gasteiger partial charge in [0, 0.05) is 16.3 Å². The Morgan fingerprint density at radius 1 is 1.05 bits per heavy atom. The molecule has 2 heterocycles. The first kappa shape index (κ1) is 13.1. The zero-order valence-corrected chi connectivity index (χ0v) is 12.8. The zero-order chi connectivity index (χ0) is 15.3. The first-order valence-corrected chi connectivity index (χ1v) is 7.36. The summed E-state index contributed by atoms with van der Waals surface area (Å²) in [6.45, 7) is 0. The summed E-state index contributed by atoms with van der Waals surface area (Å²) in [5.41, 5.74) is 3.00. The van der Waals surface area contributed by atoms with Crippen LogP contribution in [0.25, 0.3) is 33.1 Å². The van der Waals surface area contributed by atoms with Crippen LogP contribution in [0.1, 0.15) is 0 Å². The third-order valence-corrected chi connectivity index (χ3v) is 4.54. The molecule has 2 aromatic carbocycles. The summed E-state index contributed by atoms with van der Waals surface area (Å²) >= 11 is 3.48. The van der Waals surface area contributed by atoms with Crippen LogP contribution in [-0.2, 0) is 0 Å². The average Bonchev–Trinajstić information content (AvgIpc) is 3.01. The highest BCUT2D eigenvalue weighted by Gasteiger charge is 2.24. The van der Waals surface area contributed by atoms with Crippen molar-refractivity contribution in [3.8, 4) is 17.1 Å².